The Morgan fingerprint density at radius 1 is 1.33 bits per heavy atom. The summed E-state index contributed by atoms with van der Waals surface area (Å²) in [5.41, 5.74) is 1.33. The first-order valence-corrected chi connectivity index (χ1v) is 5.72. The van der Waals surface area contributed by atoms with Crippen LogP contribution in [-0.2, 0) is 4.74 Å². The zero-order valence-electron chi connectivity index (χ0n) is 9.40. The summed E-state index contributed by atoms with van der Waals surface area (Å²) in [6.07, 6.45) is 2.06. The Kier molecular flexibility index (Phi) is 3.27. The van der Waals surface area contributed by atoms with Crippen LogP contribution in [0.25, 0.3) is 0 Å². The highest BCUT2D eigenvalue weighted by Gasteiger charge is 2.26. The highest BCUT2D eigenvalue weighted by Crippen LogP contribution is 2.37. The van der Waals surface area contributed by atoms with E-state index in [4.69, 9.17) is 9.47 Å². The number of fused-ring (bicyclic) bond motifs is 1. The molecule has 0 fully saturated rings. The largest absolute Gasteiger partial charge is 0.465 e. The summed E-state index contributed by atoms with van der Waals surface area (Å²) in [7, 11) is 0. The zero-order valence-corrected chi connectivity index (χ0v) is 9.40. The van der Waals surface area contributed by atoms with Crippen molar-refractivity contribution in [2.75, 3.05) is 6.61 Å². The molecule has 0 saturated carbocycles. The molecule has 0 saturated heterocycles. The fourth-order valence-corrected chi connectivity index (χ4v) is 2.15. The van der Waals surface area contributed by atoms with Gasteiger partial charge >= 0.3 is 0 Å². The van der Waals surface area contributed by atoms with Gasteiger partial charge in [-0.15, -0.1) is 0 Å². The fourth-order valence-electron chi connectivity index (χ4n) is 2.15. The summed E-state index contributed by atoms with van der Waals surface area (Å²) in [6, 6.07) is 8.28. The molecule has 0 bridgehead atoms. The van der Waals surface area contributed by atoms with E-state index in [9.17, 15) is 0 Å². The van der Waals surface area contributed by atoms with E-state index in [0.29, 0.717) is 12.5 Å². The van der Waals surface area contributed by atoms with Crippen LogP contribution >= 0.6 is 0 Å². The number of hydrogen-bond donors (Lipinski definition) is 0. The Labute approximate surface area is 91.2 Å². The summed E-state index contributed by atoms with van der Waals surface area (Å²) < 4.78 is 11.3. The smallest absolute Gasteiger partial charge is 0.200 e. The van der Waals surface area contributed by atoms with E-state index in [1.807, 2.05) is 19.1 Å². The van der Waals surface area contributed by atoms with Gasteiger partial charge in [0.2, 0.25) is 0 Å². The molecular formula is C13H18O2. The number of benzene rings is 1. The van der Waals surface area contributed by atoms with Crippen molar-refractivity contribution in [3.8, 4) is 5.75 Å². The number of hydrogen-bond acceptors (Lipinski definition) is 2. The number of ether oxygens (including phenoxy) is 2. The molecule has 15 heavy (non-hydrogen) atoms. The third-order valence-corrected chi connectivity index (χ3v) is 2.94. The van der Waals surface area contributed by atoms with Gasteiger partial charge in [0.25, 0.3) is 0 Å². The van der Waals surface area contributed by atoms with E-state index < -0.39 is 0 Å². The molecular weight excluding hydrogens is 188 g/mol. The van der Waals surface area contributed by atoms with E-state index in [2.05, 4.69) is 19.1 Å². The van der Waals surface area contributed by atoms with Crippen LogP contribution in [0.15, 0.2) is 24.3 Å². The lowest BCUT2D eigenvalue weighted by molar-refractivity contribution is -0.0918. The first-order valence-electron chi connectivity index (χ1n) is 5.72. The average Bonchev–Trinajstić information content (AvgIpc) is 2.28. The lowest BCUT2D eigenvalue weighted by Gasteiger charge is -2.31. The van der Waals surface area contributed by atoms with E-state index >= 15 is 0 Å². The lowest BCUT2D eigenvalue weighted by atomic mass is 9.90. The Hall–Kier alpha value is -1.02. The molecule has 0 aliphatic carbocycles. The lowest BCUT2D eigenvalue weighted by Crippen LogP contribution is -2.28. The van der Waals surface area contributed by atoms with Crippen molar-refractivity contribution in [1.82, 2.24) is 0 Å². The molecule has 2 atom stereocenters. The molecule has 1 aromatic carbocycles. The standard InChI is InChI=1S/C13H18O2/c1-3-10-9-13(14-4-2)15-12-8-6-5-7-11(10)12/h5-8,10,13H,3-4,9H2,1-2H3. The summed E-state index contributed by atoms with van der Waals surface area (Å²) >= 11 is 0. The molecule has 1 aliphatic heterocycles. The highest BCUT2D eigenvalue weighted by atomic mass is 16.7. The highest BCUT2D eigenvalue weighted by molar-refractivity contribution is 5.37. The molecule has 0 aromatic heterocycles. The molecule has 82 valence electrons. The van der Waals surface area contributed by atoms with Crippen molar-refractivity contribution < 1.29 is 9.47 Å². The van der Waals surface area contributed by atoms with Gasteiger partial charge in [-0.25, -0.2) is 0 Å². The van der Waals surface area contributed by atoms with Crippen molar-refractivity contribution in [2.24, 2.45) is 0 Å². The second-order valence-corrected chi connectivity index (χ2v) is 3.88. The summed E-state index contributed by atoms with van der Waals surface area (Å²) in [5.74, 6) is 1.57. The number of rotatable bonds is 3. The normalized spacial score (nSPS) is 24.4. The Morgan fingerprint density at radius 3 is 2.87 bits per heavy atom. The Balaban J connectivity index is 2.22. The Bertz CT molecular complexity index is 322. The van der Waals surface area contributed by atoms with Crippen LogP contribution in [0, 0.1) is 0 Å². The molecule has 0 spiro atoms. The predicted octanol–water partition coefficient (Wildman–Crippen LogP) is 3.33. The average molecular weight is 206 g/mol. The molecule has 0 N–H and O–H groups in total. The topological polar surface area (TPSA) is 18.5 Å². The minimum Gasteiger partial charge on any atom is -0.465 e. The second kappa shape index (κ2) is 4.67. The minimum absolute atomic E-state index is 0.0603. The van der Waals surface area contributed by atoms with Crippen LogP contribution in [0.3, 0.4) is 0 Å². The third kappa shape index (κ3) is 2.15. The van der Waals surface area contributed by atoms with Gasteiger partial charge in [0, 0.05) is 13.0 Å². The van der Waals surface area contributed by atoms with Gasteiger partial charge in [-0.2, -0.15) is 0 Å². The first kappa shape index (κ1) is 10.5. The van der Waals surface area contributed by atoms with Gasteiger partial charge in [-0.1, -0.05) is 25.1 Å². The van der Waals surface area contributed by atoms with Crippen molar-refractivity contribution in [1.29, 1.82) is 0 Å². The fraction of sp³-hybridized carbons (Fsp3) is 0.538. The minimum atomic E-state index is -0.0603. The summed E-state index contributed by atoms with van der Waals surface area (Å²) in [4.78, 5) is 0. The molecule has 0 amide bonds. The van der Waals surface area contributed by atoms with Crippen LogP contribution < -0.4 is 4.74 Å². The zero-order chi connectivity index (χ0) is 10.7. The molecule has 1 heterocycles. The van der Waals surface area contributed by atoms with Gasteiger partial charge in [0.1, 0.15) is 5.75 Å². The SMILES string of the molecule is CCOC1CC(CC)c2ccccc2O1. The van der Waals surface area contributed by atoms with E-state index in [1.54, 1.807) is 0 Å². The van der Waals surface area contributed by atoms with Gasteiger partial charge in [0.05, 0.1) is 0 Å². The van der Waals surface area contributed by atoms with Crippen molar-refractivity contribution in [3.63, 3.8) is 0 Å². The van der Waals surface area contributed by atoms with Gasteiger partial charge in [-0.05, 0) is 30.9 Å². The van der Waals surface area contributed by atoms with Crippen LogP contribution in [0.4, 0.5) is 0 Å². The molecule has 0 radical (unpaired) electrons. The van der Waals surface area contributed by atoms with Crippen molar-refractivity contribution >= 4 is 0 Å². The van der Waals surface area contributed by atoms with Crippen LogP contribution in [0.1, 0.15) is 38.2 Å². The second-order valence-electron chi connectivity index (χ2n) is 3.88. The van der Waals surface area contributed by atoms with Gasteiger partial charge < -0.3 is 9.47 Å². The third-order valence-electron chi connectivity index (χ3n) is 2.94. The molecule has 2 unspecified atom stereocenters. The van der Waals surface area contributed by atoms with E-state index in [1.165, 1.54) is 5.56 Å². The maximum atomic E-state index is 5.78. The van der Waals surface area contributed by atoms with Crippen LogP contribution in [-0.4, -0.2) is 12.9 Å². The quantitative estimate of drug-likeness (QED) is 0.755. The Morgan fingerprint density at radius 2 is 2.13 bits per heavy atom. The summed E-state index contributed by atoms with van der Waals surface area (Å²) in [5, 5.41) is 0. The molecule has 2 rings (SSSR count). The van der Waals surface area contributed by atoms with Crippen molar-refractivity contribution in [3.05, 3.63) is 29.8 Å². The monoisotopic (exact) mass is 206 g/mol. The van der Waals surface area contributed by atoms with Gasteiger partial charge in [0.15, 0.2) is 6.29 Å². The van der Waals surface area contributed by atoms with E-state index in [0.717, 1.165) is 18.6 Å². The number of para-hydroxylation sites is 1. The predicted molar refractivity (Wildman–Crippen MR) is 60.1 cm³/mol. The molecule has 1 aromatic rings. The first-order chi connectivity index (χ1) is 7.35. The van der Waals surface area contributed by atoms with Crippen LogP contribution in [0.2, 0.25) is 0 Å². The molecule has 2 nitrogen and oxygen atoms in total. The van der Waals surface area contributed by atoms with Crippen LogP contribution in [0.5, 0.6) is 5.75 Å². The van der Waals surface area contributed by atoms with Crippen molar-refractivity contribution in [2.45, 2.75) is 38.9 Å². The molecule has 1 aliphatic rings. The van der Waals surface area contributed by atoms with Gasteiger partial charge in [-0.3, -0.25) is 0 Å². The maximum Gasteiger partial charge on any atom is 0.200 e. The molecule has 2 heteroatoms. The maximum absolute atomic E-state index is 5.78. The van der Waals surface area contributed by atoms with E-state index in [-0.39, 0.29) is 6.29 Å². The summed E-state index contributed by atoms with van der Waals surface area (Å²) in [6.45, 7) is 4.93.